The van der Waals surface area contributed by atoms with Crippen molar-refractivity contribution >= 4 is 34.4 Å². The quantitative estimate of drug-likeness (QED) is 0.509. The fraction of sp³-hybridized carbons (Fsp3) is 0.588. The molecule has 0 aliphatic heterocycles. The lowest BCUT2D eigenvalue weighted by molar-refractivity contribution is -0.146. The molecule has 0 saturated carbocycles. The van der Waals surface area contributed by atoms with Crippen molar-refractivity contribution in [3.63, 3.8) is 0 Å². The van der Waals surface area contributed by atoms with Crippen LogP contribution in [0.3, 0.4) is 0 Å². The van der Waals surface area contributed by atoms with Crippen molar-refractivity contribution in [2.75, 3.05) is 19.4 Å². The highest BCUT2D eigenvalue weighted by Crippen LogP contribution is 2.23. The van der Waals surface area contributed by atoms with Crippen LogP contribution >= 0.6 is 11.8 Å². The Morgan fingerprint density at radius 3 is 2.54 bits per heavy atom. The number of esters is 1. The molecule has 0 aromatic carbocycles. The van der Waals surface area contributed by atoms with Crippen LogP contribution in [0.1, 0.15) is 31.9 Å². The fourth-order valence-corrected chi connectivity index (χ4v) is 3.48. The van der Waals surface area contributed by atoms with E-state index in [4.69, 9.17) is 10.5 Å². The highest BCUT2D eigenvalue weighted by atomic mass is 32.2. The second kappa shape index (κ2) is 11.6. The summed E-state index contributed by atoms with van der Waals surface area (Å²) in [6.07, 6.45) is 3.77. The van der Waals surface area contributed by atoms with Gasteiger partial charge in [0.05, 0.1) is 19.4 Å². The number of aromatic amines is 1. The molecule has 1 heterocycles. The van der Waals surface area contributed by atoms with Crippen LogP contribution in [0.4, 0.5) is 0 Å². The summed E-state index contributed by atoms with van der Waals surface area (Å²) in [6.45, 7) is 1.62. The molecule has 2 atom stereocenters. The summed E-state index contributed by atoms with van der Waals surface area (Å²) in [6, 6.07) is 0. The number of rotatable bonds is 12. The molecular formula is C17H25N3O5S. The van der Waals surface area contributed by atoms with Crippen molar-refractivity contribution in [2.24, 2.45) is 17.6 Å². The first-order valence-corrected chi connectivity index (χ1v) is 9.28. The second-order valence-corrected chi connectivity index (χ2v) is 7.04. The van der Waals surface area contributed by atoms with Gasteiger partial charge in [-0.25, -0.2) is 4.98 Å². The summed E-state index contributed by atoms with van der Waals surface area (Å²) >= 11 is 0.951. The van der Waals surface area contributed by atoms with Gasteiger partial charge in [-0.1, -0.05) is 11.8 Å². The number of Topliss-reactive ketones (excluding diaryl/α,β-unsaturated/α-hetero) is 2. The van der Waals surface area contributed by atoms with Gasteiger partial charge in [0.25, 0.3) is 0 Å². The minimum absolute atomic E-state index is 0.0181. The van der Waals surface area contributed by atoms with E-state index in [0.29, 0.717) is 6.42 Å². The highest BCUT2D eigenvalue weighted by Gasteiger charge is 2.27. The van der Waals surface area contributed by atoms with Gasteiger partial charge in [-0.2, -0.15) is 0 Å². The van der Waals surface area contributed by atoms with Crippen LogP contribution in [-0.4, -0.2) is 52.0 Å². The molecule has 26 heavy (non-hydrogen) atoms. The summed E-state index contributed by atoms with van der Waals surface area (Å²) in [4.78, 5) is 54.5. The van der Waals surface area contributed by atoms with E-state index in [1.165, 1.54) is 20.4 Å². The van der Waals surface area contributed by atoms with Gasteiger partial charge < -0.3 is 20.2 Å². The number of hydrogen-bond donors (Lipinski definition) is 2. The molecule has 0 fully saturated rings. The summed E-state index contributed by atoms with van der Waals surface area (Å²) in [5, 5.41) is -0.206. The Kier molecular flexibility index (Phi) is 9.82. The van der Waals surface area contributed by atoms with Gasteiger partial charge in [0.1, 0.15) is 11.6 Å². The lowest BCUT2D eigenvalue weighted by Crippen LogP contribution is -2.24. The maximum absolute atomic E-state index is 12.6. The predicted octanol–water partition coefficient (Wildman–Crippen LogP) is 0.904. The lowest BCUT2D eigenvalue weighted by atomic mass is 9.97. The number of carbonyl (C=O) groups excluding carboxylic acids is 4. The van der Waals surface area contributed by atoms with Gasteiger partial charge >= 0.3 is 5.97 Å². The molecular weight excluding hydrogens is 358 g/mol. The summed E-state index contributed by atoms with van der Waals surface area (Å²) in [7, 11) is 1.24. The van der Waals surface area contributed by atoms with Crippen LogP contribution in [0.5, 0.6) is 0 Å². The summed E-state index contributed by atoms with van der Waals surface area (Å²) < 4.78 is 4.69. The predicted molar refractivity (Wildman–Crippen MR) is 97.3 cm³/mol. The largest absolute Gasteiger partial charge is 0.469 e. The first kappa shape index (κ1) is 22.0. The van der Waals surface area contributed by atoms with Crippen molar-refractivity contribution in [3.8, 4) is 0 Å². The Hall–Kier alpha value is -2.00. The number of imidazole rings is 1. The highest BCUT2D eigenvalue weighted by molar-refractivity contribution is 8.13. The van der Waals surface area contributed by atoms with Gasteiger partial charge in [-0.05, 0) is 13.5 Å². The molecule has 1 rings (SSSR count). The minimum atomic E-state index is -0.681. The normalized spacial score (nSPS) is 13.0. The average molecular weight is 383 g/mol. The van der Waals surface area contributed by atoms with Gasteiger partial charge in [-0.3, -0.25) is 14.4 Å². The molecule has 9 heteroatoms. The third kappa shape index (κ3) is 7.92. The van der Waals surface area contributed by atoms with E-state index in [9.17, 15) is 19.2 Å². The number of aromatic nitrogens is 2. The van der Waals surface area contributed by atoms with Gasteiger partial charge in [0, 0.05) is 49.2 Å². The zero-order valence-electron chi connectivity index (χ0n) is 15.0. The van der Waals surface area contributed by atoms with Crippen LogP contribution in [0.25, 0.3) is 0 Å². The number of thioether (sulfide) groups is 1. The molecule has 3 N–H and O–H groups in total. The zero-order valence-corrected chi connectivity index (χ0v) is 15.8. The molecule has 1 aromatic heterocycles. The molecule has 0 saturated heterocycles. The maximum atomic E-state index is 12.6. The third-order valence-corrected chi connectivity index (χ3v) is 4.93. The zero-order chi connectivity index (χ0) is 19.5. The van der Waals surface area contributed by atoms with Crippen LogP contribution in [-0.2, 0) is 30.3 Å². The monoisotopic (exact) mass is 383 g/mol. The number of methoxy groups -OCH3 is 1. The van der Waals surface area contributed by atoms with E-state index in [0.717, 1.165) is 17.5 Å². The van der Waals surface area contributed by atoms with Crippen LogP contribution < -0.4 is 5.73 Å². The lowest BCUT2D eigenvalue weighted by Gasteiger charge is -2.16. The molecule has 0 aliphatic rings. The molecule has 0 amide bonds. The van der Waals surface area contributed by atoms with Crippen LogP contribution in [0.2, 0.25) is 0 Å². The number of carbonyl (C=O) groups is 4. The van der Waals surface area contributed by atoms with Crippen molar-refractivity contribution < 1.29 is 23.9 Å². The van der Waals surface area contributed by atoms with E-state index in [-0.39, 0.29) is 48.2 Å². The van der Waals surface area contributed by atoms with Crippen molar-refractivity contribution in [1.29, 1.82) is 0 Å². The van der Waals surface area contributed by atoms with Gasteiger partial charge in [0.15, 0.2) is 5.12 Å². The fourth-order valence-electron chi connectivity index (χ4n) is 2.46. The van der Waals surface area contributed by atoms with Gasteiger partial charge in [-0.15, -0.1) is 0 Å². The molecule has 144 valence electrons. The number of nitrogens with two attached hydrogens (primary N) is 1. The Balaban J connectivity index is 2.74. The van der Waals surface area contributed by atoms with Crippen molar-refractivity contribution in [1.82, 2.24) is 9.97 Å². The SMILES string of the molecule is COC(=O)C(CSC(=O)[C@@H](CC(=O)CCN)Cc1cnc[nH]1)CC(C)=O. The second-order valence-electron chi connectivity index (χ2n) is 6.02. The standard InChI is InChI=1S/C17H25N3O5S/c1-11(21)5-13(16(23)25-2)9-26-17(24)12(7-15(22)3-4-18)6-14-8-19-10-20-14/h8,10,12-13H,3-7,9,18H2,1-2H3,(H,19,20)/t12-,13?/m1/s1. The number of nitrogens with one attached hydrogen (secondary N) is 1. The number of H-pyrrole nitrogens is 1. The van der Waals surface area contributed by atoms with E-state index in [1.54, 1.807) is 6.20 Å². The number of ketones is 2. The molecule has 1 aromatic rings. The maximum Gasteiger partial charge on any atom is 0.309 e. The first-order chi connectivity index (χ1) is 12.4. The molecule has 8 nitrogen and oxygen atoms in total. The van der Waals surface area contributed by atoms with Gasteiger partial charge in [0.2, 0.25) is 0 Å². The van der Waals surface area contributed by atoms with E-state index >= 15 is 0 Å². The molecule has 0 bridgehead atoms. The number of nitrogens with zero attached hydrogens (tertiary/aromatic N) is 1. The Labute approximate surface area is 156 Å². The van der Waals surface area contributed by atoms with Crippen molar-refractivity contribution in [2.45, 2.75) is 32.6 Å². The van der Waals surface area contributed by atoms with Crippen LogP contribution in [0.15, 0.2) is 12.5 Å². The number of hydrogen-bond acceptors (Lipinski definition) is 8. The number of ether oxygens (including phenoxy) is 1. The molecule has 1 unspecified atom stereocenters. The Bertz CT molecular complexity index is 618. The third-order valence-electron chi connectivity index (χ3n) is 3.75. The van der Waals surface area contributed by atoms with E-state index < -0.39 is 17.8 Å². The van der Waals surface area contributed by atoms with Crippen molar-refractivity contribution in [3.05, 3.63) is 18.2 Å². The van der Waals surface area contributed by atoms with E-state index in [2.05, 4.69) is 9.97 Å². The summed E-state index contributed by atoms with van der Waals surface area (Å²) in [5.74, 6) is -1.85. The molecule has 0 spiro atoms. The van der Waals surface area contributed by atoms with Crippen LogP contribution in [0, 0.1) is 11.8 Å². The topological polar surface area (TPSA) is 132 Å². The minimum Gasteiger partial charge on any atom is -0.469 e. The first-order valence-electron chi connectivity index (χ1n) is 8.30. The smallest absolute Gasteiger partial charge is 0.309 e. The van der Waals surface area contributed by atoms with E-state index in [1.807, 2.05) is 0 Å². The Morgan fingerprint density at radius 1 is 1.27 bits per heavy atom. The molecule has 0 radical (unpaired) electrons. The summed E-state index contributed by atoms with van der Waals surface area (Å²) in [5.41, 5.74) is 6.15. The molecule has 0 aliphatic carbocycles. The average Bonchev–Trinajstić information content (AvgIpc) is 3.10. The Morgan fingerprint density at radius 2 is 2.00 bits per heavy atom.